The molecule has 1 saturated heterocycles. The SMILES string of the molecule is C[C@@]1(c2cccc(Br)c2)NC(=O)N(Cc2ccccc2)C1=O. The lowest BCUT2D eigenvalue weighted by Crippen LogP contribution is -2.40. The minimum atomic E-state index is -1.03. The minimum Gasteiger partial charge on any atom is -0.319 e. The van der Waals surface area contributed by atoms with Crippen molar-refractivity contribution < 1.29 is 9.59 Å². The van der Waals surface area contributed by atoms with E-state index in [0.717, 1.165) is 15.6 Å². The summed E-state index contributed by atoms with van der Waals surface area (Å²) < 4.78 is 0.870. The predicted molar refractivity (Wildman–Crippen MR) is 87.0 cm³/mol. The van der Waals surface area contributed by atoms with Crippen LogP contribution in [0.15, 0.2) is 59.1 Å². The number of urea groups is 1. The number of carbonyl (C=O) groups is 2. The smallest absolute Gasteiger partial charge is 0.319 e. The molecule has 5 heteroatoms. The molecule has 4 nitrogen and oxygen atoms in total. The van der Waals surface area contributed by atoms with Crippen LogP contribution < -0.4 is 5.32 Å². The van der Waals surface area contributed by atoms with E-state index in [-0.39, 0.29) is 18.5 Å². The molecule has 0 radical (unpaired) electrons. The van der Waals surface area contributed by atoms with Crippen molar-refractivity contribution in [2.45, 2.75) is 19.0 Å². The maximum Gasteiger partial charge on any atom is 0.325 e. The van der Waals surface area contributed by atoms with Crippen molar-refractivity contribution in [3.63, 3.8) is 0 Å². The Balaban J connectivity index is 1.91. The molecule has 1 atom stereocenters. The van der Waals surface area contributed by atoms with Crippen molar-refractivity contribution in [3.05, 3.63) is 70.2 Å². The van der Waals surface area contributed by atoms with Gasteiger partial charge in [-0.05, 0) is 30.2 Å². The third-order valence-electron chi connectivity index (χ3n) is 3.86. The zero-order chi connectivity index (χ0) is 15.7. The van der Waals surface area contributed by atoms with Crippen molar-refractivity contribution in [2.75, 3.05) is 0 Å². The van der Waals surface area contributed by atoms with Crippen LogP contribution in [0.1, 0.15) is 18.1 Å². The summed E-state index contributed by atoms with van der Waals surface area (Å²) in [6.07, 6.45) is 0. The van der Waals surface area contributed by atoms with Crippen LogP contribution in [0.2, 0.25) is 0 Å². The van der Waals surface area contributed by atoms with Crippen LogP contribution >= 0.6 is 15.9 Å². The van der Waals surface area contributed by atoms with E-state index in [1.807, 2.05) is 54.6 Å². The number of hydrogen-bond donors (Lipinski definition) is 1. The molecular weight excluding hydrogens is 344 g/mol. The van der Waals surface area contributed by atoms with Crippen LogP contribution in [0, 0.1) is 0 Å². The van der Waals surface area contributed by atoms with Crippen LogP contribution in [0.5, 0.6) is 0 Å². The maximum absolute atomic E-state index is 12.8. The molecule has 1 aliphatic heterocycles. The van der Waals surface area contributed by atoms with Gasteiger partial charge in [0.25, 0.3) is 5.91 Å². The van der Waals surface area contributed by atoms with Gasteiger partial charge in [0.1, 0.15) is 5.54 Å². The van der Waals surface area contributed by atoms with Gasteiger partial charge in [-0.25, -0.2) is 4.79 Å². The highest BCUT2D eigenvalue weighted by Crippen LogP contribution is 2.31. The lowest BCUT2D eigenvalue weighted by molar-refractivity contribution is -0.131. The van der Waals surface area contributed by atoms with E-state index in [2.05, 4.69) is 21.2 Å². The maximum atomic E-state index is 12.8. The van der Waals surface area contributed by atoms with Gasteiger partial charge >= 0.3 is 6.03 Å². The van der Waals surface area contributed by atoms with E-state index in [4.69, 9.17) is 0 Å². The second kappa shape index (κ2) is 5.57. The highest BCUT2D eigenvalue weighted by molar-refractivity contribution is 9.10. The van der Waals surface area contributed by atoms with Gasteiger partial charge in [-0.3, -0.25) is 9.69 Å². The molecule has 22 heavy (non-hydrogen) atoms. The monoisotopic (exact) mass is 358 g/mol. The molecular formula is C17H15BrN2O2. The highest BCUT2D eigenvalue weighted by atomic mass is 79.9. The average molecular weight is 359 g/mol. The summed E-state index contributed by atoms with van der Waals surface area (Å²) in [7, 11) is 0. The van der Waals surface area contributed by atoms with Crippen molar-refractivity contribution in [1.29, 1.82) is 0 Å². The zero-order valence-electron chi connectivity index (χ0n) is 12.0. The Morgan fingerprint density at radius 2 is 1.82 bits per heavy atom. The average Bonchev–Trinajstić information content (AvgIpc) is 2.73. The predicted octanol–water partition coefficient (Wildman–Crippen LogP) is 3.42. The minimum absolute atomic E-state index is 0.237. The Morgan fingerprint density at radius 3 is 2.50 bits per heavy atom. The highest BCUT2D eigenvalue weighted by Gasteiger charge is 2.48. The summed E-state index contributed by atoms with van der Waals surface area (Å²) in [5.74, 6) is -0.237. The summed E-state index contributed by atoms with van der Waals surface area (Å²) >= 11 is 3.40. The van der Waals surface area contributed by atoms with E-state index in [1.54, 1.807) is 6.92 Å². The molecule has 3 rings (SSSR count). The fourth-order valence-electron chi connectivity index (χ4n) is 2.60. The van der Waals surface area contributed by atoms with Crippen LogP contribution in [-0.4, -0.2) is 16.8 Å². The van der Waals surface area contributed by atoms with Crippen molar-refractivity contribution in [3.8, 4) is 0 Å². The van der Waals surface area contributed by atoms with Gasteiger partial charge in [0.05, 0.1) is 6.54 Å². The quantitative estimate of drug-likeness (QED) is 0.854. The largest absolute Gasteiger partial charge is 0.325 e. The molecule has 2 aromatic rings. The number of carbonyl (C=O) groups excluding carboxylic acids is 2. The summed E-state index contributed by atoms with van der Waals surface area (Å²) in [6.45, 7) is 2.01. The number of halogens is 1. The fraction of sp³-hybridized carbons (Fsp3) is 0.176. The molecule has 1 N–H and O–H groups in total. The molecule has 0 aliphatic carbocycles. The van der Waals surface area contributed by atoms with Gasteiger partial charge in [-0.15, -0.1) is 0 Å². The fourth-order valence-corrected chi connectivity index (χ4v) is 3.00. The summed E-state index contributed by atoms with van der Waals surface area (Å²) in [5.41, 5.74) is 0.649. The lowest BCUT2D eigenvalue weighted by atomic mass is 9.92. The molecule has 0 bridgehead atoms. The lowest BCUT2D eigenvalue weighted by Gasteiger charge is -2.22. The molecule has 0 saturated carbocycles. The molecule has 0 unspecified atom stereocenters. The van der Waals surface area contributed by atoms with Gasteiger partial charge < -0.3 is 5.32 Å². The zero-order valence-corrected chi connectivity index (χ0v) is 13.6. The van der Waals surface area contributed by atoms with Crippen LogP contribution in [-0.2, 0) is 16.9 Å². The molecule has 2 aromatic carbocycles. The van der Waals surface area contributed by atoms with Gasteiger partial charge in [0.2, 0.25) is 0 Å². The third kappa shape index (κ3) is 2.52. The second-order valence-electron chi connectivity index (χ2n) is 5.44. The molecule has 3 amide bonds. The summed E-state index contributed by atoms with van der Waals surface area (Å²) in [5, 5.41) is 2.81. The topological polar surface area (TPSA) is 49.4 Å². The Morgan fingerprint density at radius 1 is 1.09 bits per heavy atom. The Labute approximate surface area is 137 Å². The first kappa shape index (κ1) is 14.8. The van der Waals surface area contributed by atoms with Crippen LogP contribution in [0.25, 0.3) is 0 Å². The number of rotatable bonds is 3. The van der Waals surface area contributed by atoms with E-state index < -0.39 is 5.54 Å². The van der Waals surface area contributed by atoms with Gasteiger partial charge in [0, 0.05) is 4.47 Å². The molecule has 112 valence electrons. The second-order valence-corrected chi connectivity index (χ2v) is 6.36. The van der Waals surface area contributed by atoms with E-state index >= 15 is 0 Å². The Bertz CT molecular complexity index is 732. The van der Waals surface area contributed by atoms with Crippen molar-refractivity contribution in [2.24, 2.45) is 0 Å². The van der Waals surface area contributed by atoms with Gasteiger partial charge in [0.15, 0.2) is 0 Å². The molecule has 0 aromatic heterocycles. The number of imide groups is 1. The van der Waals surface area contributed by atoms with Crippen molar-refractivity contribution in [1.82, 2.24) is 10.2 Å². The van der Waals surface area contributed by atoms with E-state index in [1.165, 1.54) is 4.90 Å². The Kier molecular flexibility index (Phi) is 3.74. The molecule has 1 heterocycles. The molecule has 1 fully saturated rings. The van der Waals surface area contributed by atoms with Crippen molar-refractivity contribution >= 4 is 27.9 Å². The first-order valence-corrected chi connectivity index (χ1v) is 7.74. The van der Waals surface area contributed by atoms with Crippen LogP contribution in [0.4, 0.5) is 4.79 Å². The van der Waals surface area contributed by atoms with Gasteiger partial charge in [-0.2, -0.15) is 0 Å². The Hall–Kier alpha value is -2.14. The first-order chi connectivity index (χ1) is 10.5. The van der Waals surface area contributed by atoms with E-state index in [9.17, 15) is 9.59 Å². The number of nitrogens with zero attached hydrogens (tertiary/aromatic N) is 1. The van der Waals surface area contributed by atoms with E-state index in [0.29, 0.717) is 0 Å². The number of hydrogen-bond acceptors (Lipinski definition) is 2. The third-order valence-corrected chi connectivity index (χ3v) is 4.35. The number of benzene rings is 2. The number of nitrogens with one attached hydrogen (secondary N) is 1. The summed E-state index contributed by atoms with van der Waals surface area (Å²) in [6, 6.07) is 16.5. The van der Waals surface area contributed by atoms with Crippen LogP contribution in [0.3, 0.4) is 0 Å². The molecule has 0 spiro atoms. The first-order valence-electron chi connectivity index (χ1n) is 6.95. The normalized spacial score (nSPS) is 21.1. The summed E-state index contributed by atoms with van der Waals surface area (Å²) in [4.78, 5) is 26.3. The molecule has 1 aliphatic rings. The number of amides is 3. The van der Waals surface area contributed by atoms with Gasteiger partial charge in [-0.1, -0.05) is 58.4 Å². The standard InChI is InChI=1S/C17H15BrN2O2/c1-17(13-8-5-9-14(18)10-13)15(21)20(16(22)19-17)11-12-6-3-2-4-7-12/h2-10H,11H2,1H3,(H,19,22)/t17-/m0/s1.